The molecule has 0 unspecified atom stereocenters. The van der Waals surface area contributed by atoms with Crippen molar-refractivity contribution in [3.8, 4) is 0 Å². The summed E-state index contributed by atoms with van der Waals surface area (Å²) in [4.78, 5) is 25.1. The Bertz CT molecular complexity index is 835. The van der Waals surface area contributed by atoms with Crippen LogP contribution in [0.3, 0.4) is 0 Å². The maximum Gasteiger partial charge on any atom is 0.234 e. The lowest BCUT2D eigenvalue weighted by atomic mass is 9.92. The molecule has 0 bridgehead atoms. The number of halogens is 2. The Kier molecular flexibility index (Phi) is 7.59. The van der Waals surface area contributed by atoms with Crippen LogP contribution in [0.15, 0.2) is 47.4 Å². The van der Waals surface area contributed by atoms with E-state index in [4.69, 9.17) is 23.2 Å². The highest BCUT2D eigenvalue weighted by molar-refractivity contribution is 8.00. The van der Waals surface area contributed by atoms with Crippen LogP contribution in [0.5, 0.6) is 0 Å². The summed E-state index contributed by atoms with van der Waals surface area (Å²) in [6.45, 7) is 6.05. The van der Waals surface area contributed by atoms with Crippen LogP contribution in [0, 0.1) is 5.41 Å². The second-order valence-corrected chi connectivity index (χ2v) is 9.09. The van der Waals surface area contributed by atoms with Gasteiger partial charge in [-0.3, -0.25) is 9.59 Å². The zero-order chi connectivity index (χ0) is 20.0. The normalized spacial score (nSPS) is 11.1. The highest BCUT2D eigenvalue weighted by Gasteiger charge is 2.16. The van der Waals surface area contributed by atoms with Crippen molar-refractivity contribution in [2.45, 2.75) is 32.1 Å². The molecule has 0 heterocycles. The molecular weight excluding hydrogens is 403 g/mol. The minimum Gasteiger partial charge on any atom is -0.326 e. The molecule has 0 aromatic heterocycles. The Hall–Kier alpha value is -1.69. The van der Waals surface area contributed by atoms with Crippen molar-refractivity contribution in [2.75, 3.05) is 16.4 Å². The van der Waals surface area contributed by atoms with Crippen molar-refractivity contribution in [2.24, 2.45) is 5.41 Å². The maximum atomic E-state index is 12.2. The van der Waals surface area contributed by atoms with E-state index >= 15 is 0 Å². The van der Waals surface area contributed by atoms with E-state index in [0.29, 0.717) is 27.8 Å². The molecule has 2 rings (SSSR count). The predicted octanol–water partition coefficient (Wildman–Crippen LogP) is 6.10. The SMILES string of the molecule is CC(C)(C)CC(=O)Nc1cccc(SCC(=O)Nc2cccc(Cl)c2Cl)c1. The Balaban J connectivity index is 1.91. The summed E-state index contributed by atoms with van der Waals surface area (Å²) in [5.41, 5.74) is 1.13. The van der Waals surface area contributed by atoms with Crippen LogP contribution < -0.4 is 10.6 Å². The highest BCUT2D eigenvalue weighted by Crippen LogP contribution is 2.30. The maximum absolute atomic E-state index is 12.2. The number of carbonyl (C=O) groups is 2. The van der Waals surface area contributed by atoms with Gasteiger partial charge in [-0.2, -0.15) is 0 Å². The van der Waals surface area contributed by atoms with Gasteiger partial charge in [-0.05, 0) is 35.7 Å². The number of anilines is 2. The molecule has 0 aliphatic heterocycles. The topological polar surface area (TPSA) is 58.2 Å². The molecule has 2 aromatic rings. The van der Waals surface area contributed by atoms with Crippen LogP contribution >= 0.6 is 35.0 Å². The number of benzene rings is 2. The first-order valence-electron chi connectivity index (χ1n) is 8.41. The number of rotatable bonds is 6. The van der Waals surface area contributed by atoms with Gasteiger partial charge in [0.15, 0.2) is 0 Å². The number of thioether (sulfide) groups is 1. The van der Waals surface area contributed by atoms with Crippen LogP contribution in [0.25, 0.3) is 0 Å². The molecule has 0 saturated heterocycles. The van der Waals surface area contributed by atoms with E-state index in [1.54, 1.807) is 18.2 Å². The van der Waals surface area contributed by atoms with Gasteiger partial charge >= 0.3 is 0 Å². The monoisotopic (exact) mass is 424 g/mol. The standard InChI is InChI=1S/C20H22Cl2N2O2S/c1-20(2,3)11-17(25)23-13-6-4-7-14(10-13)27-12-18(26)24-16-9-5-8-15(21)19(16)22/h4-10H,11-12H2,1-3H3,(H,23,25)(H,24,26). The second kappa shape index (κ2) is 9.49. The van der Waals surface area contributed by atoms with E-state index in [9.17, 15) is 9.59 Å². The van der Waals surface area contributed by atoms with Gasteiger partial charge in [-0.1, -0.05) is 56.1 Å². The molecule has 0 radical (unpaired) electrons. The quantitative estimate of drug-likeness (QED) is 0.550. The number of amides is 2. The molecule has 2 N–H and O–H groups in total. The Morgan fingerprint density at radius 2 is 1.70 bits per heavy atom. The highest BCUT2D eigenvalue weighted by atomic mass is 35.5. The third-order valence-corrected chi connectivity index (χ3v) is 5.22. The third-order valence-electron chi connectivity index (χ3n) is 3.40. The average molecular weight is 425 g/mol. The van der Waals surface area contributed by atoms with Gasteiger partial charge in [0.2, 0.25) is 11.8 Å². The smallest absolute Gasteiger partial charge is 0.234 e. The lowest BCUT2D eigenvalue weighted by molar-refractivity contribution is -0.118. The number of hydrogen-bond acceptors (Lipinski definition) is 3. The fourth-order valence-electron chi connectivity index (χ4n) is 2.29. The first-order chi connectivity index (χ1) is 12.6. The van der Waals surface area contributed by atoms with Crippen molar-refractivity contribution >= 4 is 58.2 Å². The van der Waals surface area contributed by atoms with E-state index in [-0.39, 0.29) is 23.0 Å². The van der Waals surface area contributed by atoms with Gasteiger partial charge in [0.25, 0.3) is 0 Å². The number of hydrogen-bond donors (Lipinski definition) is 2. The Morgan fingerprint density at radius 1 is 1.00 bits per heavy atom. The molecule has 7 heteroatoms. The van der Waals surface area contributed by atoms with Crippen LogP contribution in [-0.4, -0.2) is 17.6 Å². The second-order valence-electron chi connectivity index (χ2n) is 7.25. The molecule has 0 fully saturated rings. The summed E-state index contributed by atoms with van der Waals surface area (Å²) in [6, 6.07) is 12.5. The minimum atomic E-state index is -0.189. The molecule has 0 spiro atoms. The summed E-state index contributed by atoms with van der Waals surface area (Å²) >= 11 is 13.4. The van der Waals surface area contributed by atoms with Crippen molar-refractivity contribution < 1.29 is 9.59 Å². The summed E-state index contributed by atoms with van der Waals surface area (Å²) in [7, 11) is 0. The average Bonchev–Trinajstić information content (AvgIpc) is 2.56. The zero-order valence-corrected chi connectivity index (χ0v) is 17.8. The van der Waals surface area contributed by atoms with E-state index < -0.39 is 0 Å². The predicted molar refractivity (Wildman–Crippen MR) is 115 cm³/mol. The number of carbonyl (C=O) groups excluding carboxylic acids is 2. The fourth-order valence-corrected chi connectivity index (χ4v) is 3.39. The van der Waals surface area contributed by atoms with Crippen molar-refractivity contribution in [1.82, 2.24) is 0 Å². The molecule has 2 amide bonds. The van der Waals surface area contributed by atoms with E-state index in [1.165, 1.54) is 11.8 Å². The molecule has 0 aliphatic carbocycles. The van der Waals surface area contributed by atoms with Gasteiger partial charge < -0.3 is 10.6 Å². The molecule has 4 nitrogen and oxygen atoms in total. The Labute approximate surface area is 174 Å². The molecular formula is C20H22Cl2N2O2S. The Morgan fingerprint density at radius 3 is 2.41 bits per heavy atom. The van der Waals surface area contributed by atoms with Gasteiger partial charge in [0.1, 0.15) is 0 Å². The summed E-state index contributed by atoms with van der Waals surface area (Å²) in [5, 5.41) is 6.35. The number of nitrogens with one attached hydrogen (secondary N) is 2. The molecule has 144 valence electrons. The summed E-state index contributed by atoms with van der Waals surface area (Å²) < 4.78 is 0. The first-order valence-corrected chi connectivity index (χ1v) is 10.1. The first kappa shape index (κ1) is 21.6. The molecule has 0 aliphatic rings. The van der Waals surface area contributed by atoms with E-state index in [2.05, 4.69) is 10.6 Å². The van der Waals surface area contributed by atoms with E-state index in [1.807, 2.05) is 45.0 Å². The van der Waals surface area contributed by atoms with Gasteiger partial charge in [-0.25, -0.2) is 0 Å². The van der Waals surface area contributed by atoms with Crippen LogP contribution in [0.2, 0.25) is 10.0 Å². The molecule has 0 atom stereocenters. The minimum absolute atomic E-state index is 0.0296. The zero-order valence-electron chi connectivity index (χ0n) is 15.4. The van der Waals surface area contributed by atoms with Gasteiger partial charge in [-0.15, -0.1) is 11.8 Å². The summed E-state index contributed by atoms with van der Waals surface area (Å²) in [6.07, 6.45) is 0.438. The third kappa shape index (κ3) is 7.45. The lowest BCUT2D eigenvalue weighted by Gasteiger charge is -2.17. The van der Waals surface area contributed by atoms with Crippen LogP contribution in [0.4, 0.5) is 11.4 Å². The fraction of sp³-hybridized carbons (Fsp3) is 0.300. The van der Waals surface area contributed by atoms with Crippen molar-refractivity contribution in [1.29, 1.82) is 0 Å². The molecule has 0 saturated carbocycles. The largest absolute Gasteiger partial charge is 0.326 e. The molecule has 2 aromatic carbocycles. The van der Waals surface area contributed by atoms with Crippen molar-refractivity contribution in [3.63, 3.8) is 0 Å². The lowest BCUT2D eigenvalue weighted by Crippen LogP contribution is -2.19. The van der Waals surface area contributed by atoms with Crippen molar-refractivity contribution in [3.05, 3.63) is 52.5 Å². The van der Waals surface area contributed by atoms with Gasteiger partial charge in [0.05, 0.1) is 21.5 Å². The summed E-state index contributed by atoms with van der Waals surface area (Å²) in [5.74, 6) is -0.00767. The van der Waals surface area contributed by atoms with Gasteiger partial charge in [0, 0.05) is 17.0 Å². The van der Waals surface area contributed by atoms with Crippen LogP contribution in [-0.2, 0) is 9.59 Å². The molecule has 27 heavy (non-hydrogen) atoms. The van der Waals surface area contributed by atoms with E-state index in [0.717, 1.165) is 4.90 Å². The van der Waals surface area contributed by atoms with Crippen LogP contribution in [0.1, 0.15) is 27.2 Å².